The van der Waals surface area contributed by atoms with Gasteiger partial charge in [0.1, 0.15) is 25.2 Å². The molecule has 0 heterocycles. The fourth-order valence-electron chi connectivity index (χ4n) is 6.72. The van der Waals surface area contributed by atoms with E-state index in [-0.39, 0.29) is 38.6 Å². The number of imide groups is 2. The Balaban J connectivity index is 1.71. The van der Waals surface area contributed by atoms with E-state index in [1.807, 2.05) is 91.0 Å². The second kappa shape index (κ2) is 19.5. The summed E-state index contributed by atoms with van der Waals surface area (Å²) in [5.74, 6) is -2.74. The predicted octanol–water partition coefficient (Wildman–Crippen LogP) is 7.14. The van der Waals surface area contributed by atoms with Crippen LogP contribution in [0.15, 0.2) is 157 Å². The Hall–Kier alpha value is -6.59. The molecule has 0 radical (unpaired) electrons. The van der Waals surface area contributed by atoms with Crippen LogP contribution in [-0.2, 0) is 32.3 Å². The number of hydrogen-bond acceptors (Lipinski definition) is 7. The average molecular weight is 741 g/mol. The van der Waals surface area contributed by atoms with E-state index >= 15 is 9.59 Å². The maximum atomic E-state index is 16.0. The number of amides is 4. The van der Waals surface area contributed by atoms with Crippen molar-refractivity contribution in [3.05, 3.63) is 179 Å². The molecule has 282 valence electrons. The normalized spacial score (nSPS) is 13.1. The molecule has 1 unspecified atom stereocenters. The van der Waals surface area contributed by atoms with Crippen molar-refractivity contribution in [1.82, 2.24) is 5.32 Å². The van der Waals surface area contributed by atoms with Crippen LogP contribution >= 0.6 is 0 Å². The molecule has 3 atom stereocenters. The molecule has 5 aromatic rings. The molecule has 0 bridgehead atoms. The first-order chi connectivity index (χ1) is 26.7. The summed E-state index contributed by atoms with van der Waals surface area (Å²) in [5.41, 5.74) is 14.4. The summed E-state index contributed by atoms with van der Waals surface area (Å²) in [6, 6.07) is 42.6. The number of guanidine groups is 1. The number of carbonyl (C=O) groups is 4. The minimum atomic E-state index is -1.53. The summed E-state index contributed by atoms with van der Waals surface area (Å²) in [6.07, 6.45) is -1.95. The number of nitrogens with zero attached hydrogens (tertiary/aromatic N) is 2. The maximum absolute atomic E-state index is 16.0. The Morgan fingerprint density at radius 1 is 0.636 bits per heavy atom. The molecule has 4 amide bonds. The first-order valence-corrected chi connectivity index (χ1v) is 18.1. The number of ether oxygens (including phenoxy) is 2. The summed E-state index contributed by atoms with van der Waals surface area (Å²) in [6.45, 7) is 1.50. The van der Waals surface area contributed by atoms with Crippen molar-refractivity contribution >= 4 is 30.0 Å². The van der Waals surface area contributed by atoms with E-state index in [9.17, 15) is 9.59 Å². The lowest BCUT2D eigenvalue weighted by Gasteiger charge is -2.43. The van der Waals surface area contributed by atoms with Gasteiger partial charge in [-0.05, 0) is 35.6 Å². The third kappa shape index (κ3) is 10.1. The third-order valence-corrected chi connectivity index (χ3v) is 9.44. The maximum Gasteiger partial charge on any atom is 0.525 e. The van der Waals surface area contributed by atoms with Crippen LogP contribution in [0.3, 0.4) is 0 Å². The molecule has 11 nitrogen and oxygen atoms in total. The van der Waals surface area contributed by atoms with E-state index in [0.717, 1.165) is 0 Å². The molecule has 0 aliphatic heterocycles. The Bertz CT molecular complexity index is 1990. The van der Waals surface area contributed by atoms with Crippen molar-refractivity contribution in [3.8, 4) is 0 Å². The van der Waals surface area contributed by atoms with Gasteiger partial charge in [0.2, 0.25) is 0 Å². The highest BCUT2D eigenvalue weighted by molar-refractivity contribution is 5.98. The molecule has 5 N–H and O–H groups in total. The number of nitrogens with two attached hydrogens (primary N) is 2. The van der Waals surface area contributed by atoms with Crippen molar-refractivity contribution in [2.24, 2.45) is 16.5 Å². The zero-order chi connectivity index (χ0) is 39.0. The lowest BCUT2D eigenvalue weighted by atomic mass is 9.86. The first-order valence-electron chi connectivity index (χ1n) is 18.1. The molecule has 0 aromatic heterocycles. The molecule has 0 saturated heterocycles. The van der Waals surface area contributed by atoms with Gasteiger partial charge in [0, 0.05) is 18.5 Å². The lowest BCUT2D eigenvalue weighted by Crippen LogP contribution is -2.69. The summed E-state index contributed by atoms with van der Waals surface area (Å²) in [4.78, 5) is 63.5. The Morgan fingerprint density at radius 2 is 1.07 bits per heavy atom. The van der Waals surface area contributed by atoms with Crippen molar-refractivity contribution in [1.29, 1.82) is 0 Å². The van der Waals surface area contributed by atoms with Gasteiger partial charge in [-0.15, -0.1) is 4.48 Å². The molecule has 0 aliphatic rings. The summed E-state index contributed by atoms with van der Waals surface area (Å²) in [5, 5.41) is 2.35. The van der Waals surface area contributed by atoms with Crippen molar-refractivity contribution in [2.45, 2.75) is 51.0 Å². The van der Waals surface area contributed by atoms with Gasteiger partial charge < -0.3 is 20.9 Å². The number of rotatable bonds is 15. The highest BCUT2D eigenvalue weighted by Gasteiger charge is 2.61. The van der Waals surface area contributed by atoms with E-state index in [0.29, 0.717) is 27.8 Å². The van der Waals surface area contributed by atoms with Crippen LogP contribution in [0.4, 0.5) is 9.59 Å². The number of alkyl carbamates (subject to hydrolysis) is 1. The number of benzene rings is 5. The van der Waals surface area contributed by atoms with Gasteiger partial charge in [0.15, 0.2) is 12.0 Å². The van der Waals surface area contributed by atoms with Gasteiger partial charge in [-0.25, -0.2) is 9.59 Å². The molecule has 0 aliphatic carbocycles. The fraction of sp³-hybridized carbons (Fsp3) is 0.205. The van der Waals surface area contributed by atoms with Gasteiger partial charge in [-0.1, -0.05) is 152 Å². The van der Waals surface area contributed by atoms with E-state index in [1.165, 1.54) is 0 Å². The molecule has 5 rings (SSSR count). The summed E-state index contributed by atoms with van der Waals surface area (Å²) >= 11 is 0. The summed E-state index contributed by atoms with van der Waals surface area (Å²) < 4.78 is 10.4. The quantitative estimate of drug-likeness (QED) is 0.0442. The van der Waals surface area contributed by atoms with Crippen LogP contribution in [-0.4, -0.2) is 47.0 Å². The molecule has 0 fully saturated rings. The molecular formula is C44H46N5O6+. The van der Waals surface area contributed by atoms with Crippen LogP contribution in [0, 0.1) is 0 Å². The molecule has 0 spiro atoms. The molecular weight excluding hydrogens is 695 g/mol. The van der Waals surface area contributed by atoms with Crippen LogP contribution < -0.4 is 16.8 Å². The number of aliphatic imine (C=N–C) groups is 1. The SMILES string of the molecule is CC(c1ccccc1)[N@+](C(=O)OCc1ccccc1)(C(=O)C(c1ccccc1)c1ccccc1)[C@@H](CCCN=C(N)N)C(=O)NC(=O)OCc1ccccc1. The minimum absolute atomic E-state index is 0.0817. The van der Waals surface area contributed by atoms with Crippen molar-refractivity contribution in [3.63, 3.8) is 0 Å². The number of carbonyl (C=O) groups excluding carboxylic acids is 4. The van der Waals surface area contributed by atoms with E-state index in [2.05, 4.69) is 10.3 Å². The molecule has 5 aromatic carbocycles. The van der Waals surface area contributed by atoms with E-state index < -0.39 is 46.5 Å². The minimum Gasteiger partial charge on any atom is -0.444 e. The molecule has 0 saturated carbocycles. The zero-order valence-electron chi connectivity index (χ0n) is 30.7. The van der Waals surface area contributed by atoms with Crippen LogP contribution in [0.5, 0.6) is 0 Å². The Labute approximate surface area is 321 Å². The van der Waals surface area contributed by atoms with Crippen LogP contribution in [0.25, 0.3) is 0 Å². The van der Waals surface area contributed by atoms with Gasteiger partial charge in [0.05, 0.1) is 0 Å². The Kier molecular flexibility index (Phi) is 14.0. The van der Waals surface area contributed by atoms with E-state index in [4.69, 9.17) is 20.9 Å². The van der Waals surface area contributed by atoms with Gasteiger partial charge in [-0.2, -0.15) is 4.79 Å². The second-order valence-corrected chi connectivity index (χ2v) is 13.0. The second-order valence-electron chi connectivity index (χ2n) is 13.0. The van der Waals surface area contributed by atoms with Crippen molar-refractivity contribution in [2.75, 3.05) is 6.54 Å². The smallest absolute Gasteiger partial charge is 0.444 e. The average Bonchev–Trinajstić information content (AvgIpc) is 3.22. The number of quaternary nitrogens is 1. The van der Waals surface area contributed by atoms with Gasteiger partial charge in [-0.3, -0.25) is 15.1 Å². The summed E-state index contributed by atoms with van der Waals surface area (Å²) in [7, 11) is 0. The Morgan fingerprint density at radius 3 is 1.55 bits per heavy atom. The number of hydrogen-bond donors (Lipinski definition) is 3. The third-order valence-electron chi connectivity index (χ3n) is 9.44. The first kappa shape index (κ1) is 39.6. The van der Waals surface area contributed by atoms with Crippen molar-refractivity contribution < 1.29 is 33.1 Å². The number of nitrogens with one attached hydrogen (secondary N) is 1. The van der Waals surface area contributed by atoms with Gasteiger partial charge in [0.25, 0.3) is 5.91 Å². The lowest BCUT2D eigenvalue weighted by molar-refractivity contribution is -0.831. The fourth-order valence-corrected chi connectivity index (χ4v) is 6.72. The topological polar surface area (TPSA) is 163 Å². The van der Waals surface area contributed by atoms with E-state index in [1.54, 1.807) is 67.6 Å². The predicted molar refractivity (Wildman–Crippen MR) is 210 cm³/mol. The van der Waals surface area contributed by atoms with Crippen LogP contribution in [0.1, 0.15) is 59.5 Å². The highest BCUT2D eigenvalue weighted by Crippen LogP contribution is 2.41. The zero-order valence-corrected chi connectivity index (χ0v) is 30.7. The van der Waals surface area contributed by atoms with Crippen LogP contribution in [0.2, 0.25) is 0 Å². The molecule has 55 heavy (non-hydrogen) atoms. The monoisotopic (exact) mass is 740 g/mol. The standard InChI is InChI=1S/C44H45N5O6/c1-32(35-22-11-4-12-23-35)49(44(53)55-31-34-20-9-3-10-21-34,41(51)39(36-24-13-5-14-25-36)37-26-15-6-16-27-37)38(28-17-29-47-42(45)46)40(50)48-43(52)54-30-33-18-7-2-8-19-33/h2-16,18-27,32,38-39H,17,28-31H2,1H3,(H4-,45,46,47,48,50,52)/p+1/t32?,38-,49+/m0/s1. The van der Waals surface area contributed by atoms with Gasteiger partial charge >= 0.3 is 18.1 Å². The molecule has 11 heteroatoms. The largest absolute Gasteiger partial charge is 0.525 e. The highest BCUT2D eigenvalue weighted by atomic mass is 16.6.